The van der Waals surface area contributed by atoms with Gasteiger partial charge in [-0.1, -0.05) is 141 Å². The van der Waals surface area contributed by atoms with Crippen LogP contribution in [0.4, 0.5) is 51.2 Å². The molecule has 3 nitrogen and oxygen atoms in total. The summed E-state index contributed by atoms with van der Waals surface area (Å²) in [6.07, 6.45) is 6.35. The monoisotopic (exact) mass is 803 g/mol. The molecule has 2 aliphatic heterocycles. The fourth-order valence-corrected chi connectivity index (χ4v) is 11.7. The number of hydrogen-bond acceptors (Lipinski definition) is 4. The van der Waals surface area contributed by atoms with Crippen molar-refractivity contribution in [1.29, 1.82) is 0 Å². The van der Waals surface area contributed by atoms with Crippen molar-refractivity contribution in [2.75, 3.05) is 14.7 Å². The van der Waals surface area contributed by atoms with Crippen molar-refractivity contribution in [3.8, 4) is 11.1 Å². The number of para-hydroxylation sites is 3. The quantitative estimate of drug-likeness (QED) is 0.159. The molecule has 12 rings (SSSR count). The van der Waals surface area contributed by atoms with Gasteiger partial charge in [-0.25, -0.2) is 0 Å². The molecule has 9 aromatic rings. The Bertz CT molecular complexity index is 2990. The highest BCUT2D eigenvalue weighted by Crippen LogP contribution is 2.64. The van der Waals surface area contributed by atoms with E-state index in [4.69, 9.17) is 0 Å². The van der Waals surface area contributed by atoms with Crippen molar-refractivity contribution in [2.45, 2.75) is 43.9 Å². The predicted octanol–water partition coefficient (Wildman–Crippen LogP) is 16.8. The van der Waals surface area contributed by atoms with Crippen molar-refractivity contribution >= 4 is 72.6 Å². The zero-order valence-corrected chi connectivity index (χ0v) is 34.8. The molecule has 1 aliphatic carbocycles. The molecule has 0 N–H and O–H groups in total. The second-order valence-corrected chi connectivity index (χ2v) is 17.8. The van der Waals surface area contributed by atoms with Gasteiger partial charge in [-0.3, -0.25) is 0 Å². The molecule has 61 heavy (non-hydrogen) atoms. The lowest BCUT2D eigenvalue weighted by molar-refractivity contribution is 0.443. The van der Waals surface area contributed by atoms with Crippen LogP contribution in [0.5, 0.6) is 0 Å². The molecule has 1 saturated carbocycles. The Morgan fingerprint density at radius 3 is 1.79 bits per heavy atom. The number of anilines is 9. The Morgan fingerprint density at radius 1 is 0.459 bits per heavy atom. The van der Waals surface area contributed by atoms with E-state index in [1.165, 1.54) is 109 Å². The molecule has 1 unspecified atom stereocenters. The molecule has 0 spiro atoms. The van der Waals surface area contributed by atoms with Crippen molar-refractivity contribution in [3.05, 3.63) is 222 Å². The van der Waals surface area contributed by atoms with E-state index in [1.54, 1.807) is 0 Å². The summed E-state index contributed by atoms with van der Waals surface area (Å²) in [7, 11) is 0. The summed E-state index contributed by atoms with van der Waals surface area (Å²) < 4.78 is 1.32. The second-order valence-electron chi connectivity index (χ2n) is 16.7. The molecule has 3 heterocycles. The number of thiophene rings is 1. The summed E-state index contributed by atoms with van der Waals surface area (Å²) in [4.78, 5) is 9.02. The summed E-state index contributed by atoms with van der Waals surface area (Å²) in [5, 5.41) is 1.31. The van der Waals surface area contributed by atoms with E-state index in [0.29, 0.717) is 5.92 Å². The number of nitrogens with zero attached hydrogens (tertiary/aromatic N) is 3. The summed E-state index contributed by atoms with van der Waals surface area (Å²) in [6, 6.07) is 74.3. The summed E-state index contributed by atoms with van der Waals surface area (Å²) in [5.41, 5.74) is 17.5. The van der Waals surface area contributed by atoms with Crippen LogP contribution in [0.1, 0.15) is 65.5 Å². The third-order valence-corrected chi connectivity index (χ3v) is 14.4. The largest absolute Gasteiger partial charge is 0.310 e. The standard InChI is InChI=1S/C57H45N3S/c1-6-19-39(20-7-1)41-23-18-30-46(35-41)60-52-37-42(40-21-8-2-9-22-40)36-51-55(52)54(57-56(60)49-31-16-17-32-53(49)61-57)48-34-33-47(38-50(48)59(51)45-28-14-5-15-29-45)58(43-24-10-3-11-25-43)44-26-12-4-13-27-44/h1,3-7,10-20,23-38,40,54H,2,8-9,21-22H2. The molecule has 0 bridgehead atoms. The number of fused-ring (bicyclic) bond motifs is 6. The maximum Gasteiger partial charge on any atom is 0.0689 e. The lowest BCUT2D eigenvalue weighted by Crippen LogP contribution is -2.29. The van der Waals surface area contributed by atoms with Crippen LogP contribution in [0.2, 0.25) is 0 Å². The Labute approximate surface area is 362 Å². The molecule has 1 aromatic heterocycles. The second kappa shape index (κ2) is 15.0. The van der Waals surface area contributed by atoms with E-state index in [0.717, 1.165) is 17.1 Å². The average molecular weight is 804 g/mol. The van der Waals surface area contributed by atoms with E-state index in [1.807, 2.05) is 11.3 Å². The zero-order chi connectivity index (χ0) is 40.3. The van der Waals surface area contributed by atoms with Gasteiger partial charge in [-0.2, -0.15) is 0 Å². The van der Waals surface area contributed by atoms with Crippen LogP contribution in [-0.2, 0) is 0 Å². The van der Waals surface area contributed by atoms with Crippen LogP contribution in [0.3, 0.4) is 0 Å². The molecule has 0 radical (unpaired) electrons. The number of benzene rings is 8. The van der Waals surface area contributed by atoms with Crippen molar-refractivity contribution in [3.63, 3.8) is 0 Å². The van der Waals surface area contributed by atoms with Crippen LogP contribution in [0, 0.1) is 0 Å². The molecule has 3 aliphatic rings. The van der Waals surface area contributed by atoms with E-state index in [-0.39, 0.29) is 5.92 Å². The molecular weight excluding hydrogens is 759 g/mol. The van der Waals surface area contributed by atoms with Crippen LogP contribution in [0.25, 0.3) is 21.2 Å². The first-order chi connectivity index (χ1) is 30.3. The van der Waals surface area contributed by atoms with Gasteiger partial charge in [0, 0.05) is 49.0 Å². The first kappa shape index (κ1) is 36.0. The van der Waals surface area contributed by atoms with Gasteiger partial charge in [0.2, 0.25) is 0 Å². The van der Waals surface area contributed by atoms with Crippen LogP contribution >= 0.6 is 11.3 Å². The highest BCUT2D eigenvalue weighted by molar-refractivity contribution is 7.20. The molecular formula is C57H45N3S. The minimum Gasteiger partial charge on any atom is -0.310 e. The fraction of sp³-hybridized carbons (Fsp3) is 0.123. The Morgan fingerprint density at radius 2 is 1.07 bits per heavy atom. The summed E-state index contributed by atoms with van der Waals surface area (Å²) in [6.45, 7) is 0. The SMILES string of the molecule is c1ccc(-c2cccc(N3c4cc(C5CCCCC5)cc5c4C(c4ccc(N(c6ccccc6)c6ccccc6)cc4N5c4ccccc4)c4sc5ccccc5c43)c2)cc1. The first-order valence-electron chi connectivity index (χ1n) is 21.8. The lowest BCUT2D eigenvalue weighted by atomic mass is 9.76. The van der Waals surface area contributed by atoms with Gasteiger partial charge in [0.05, 0.1) is 28.7 Å². The lowest BCUT2D eigenvalue weighted by Gasteiger charge is -2.45. The van der Waals surface area contributed by atoms with E-state index < -0.39 is 0 Å². The van der Waals surface area contributed by atoms with Crippen molar-refractivity contribution in [1.82, 2.24) is 0 Å². The van der Waals surface area contributed by atoms with Gasteiger partial charge < -0.3 is 14.7 Å². The van der Waals surface area contributed by atoms with E-state index >= 15 is 0 Å². The summed E-state index contributed by atoms with van der Waals surface area (Å²) >= 11 is 1.96. The number of hydrogen-bond donors (Lipinski definition) is 0. The van der Waals surface area contributed by atoms with E-state index in [9.17, 15) is 0 Å². The smallest absolute Gasteiger partial charge is 0.0689 e. The zero-order valence-electron chi connectivity index (χ0n) is 34.0. The fourth-order valence-electron chi connectivity index (χ4n) is 10.4. The molecule has 4 heteroatoms. The molecule has 0 amide bonds. The molecule has 8 aromatic carbocycles. The topological polar surface area (TPSA) is 9.72 Å². The molecule has 1 atom stereocenters. The Balaban J connectivity index is 1.16. The van der Waals surface area contributed by atoms with Gasteiger partial charge >= 0.3 is 0 Å². The molecule has 294 valence electrons. The number of rotatable bonds is 7. The third kappa shape index (κ3) is 6.08. The molecule has 1 fully saturated rings. The van der Waals surface area contributed by atoms with Crippen molar-refractivity contribution in [2.24, 2.45) is 0 Å². The normalized spacial score (nSPS) is 15.6. The maximum absolute atomic E-state index is 2.64. The van der Waals surface area contributed by atoms with Gasteiger partial charge in [0.25, 0.3) is 0 Å². The maximum atomic E-state index is 2.64. The minimum absolute atomic E-state index is 0.0530. The summed E-state index contributed by atoms with van der Waals surface area (Å²) in [5.74, 6) is 0.571. The molecule has 0 saturated heterocycles. The predicted molar refractivity (Wildman–Crippen MR) is 258 cm³/mol. The van der Waals surface area contributed by atoms with E-state index in [2.05, 4.69) is 215 Å². The van der Waals surface area contributed by atoms with Gasteiger partial charge in [0.15, 0.2) is 0 Å². The van der Waals surface area contributed by atoms with Crippen molar-refractivity contribution < 1.29 is 0 Å². The van der Waals surface area contributed by atoms with Gasteiger partial charge in [0.1, 0.15) is 0 Å². The van der Waals surface area contributed by atoms with Crippen LogP contribution in [0.15, 0.2) is 200 Å². The Kier molecular flexibility index (Phi) is 8.85. The highest BCUT2D eigenvalue weighted by atomic mass is 32.1. The third-order valence-electron chi connectivity index (χ3n) is 13.2. The first-order valence-corrected chi connectivity index (χ1v) is 22.6. The van der Waals surface area contributed by atoms with Gasteiger partial charge in [-0.15, -0.1) is 11.3 Å². The van der Waals surface area contributed by atoms with Gasteiger partial charge in [-0.05, 0) is 120 Å². The average Bonchev–Trinajstić information content (AvgIpc) is 3.72. The minimum atomic E-state index is 0.0530. The van der Waals surface area contributed by atoms with Crippen LogP contribution in [-0.4, -0.2) is 0 Å². The Hall–Kier alpha value is -6.88. The van der Waals surface area contributed by atoms with Crippen LogP contribution < -0.4 is 14.7 Å². The highest BCUT2D eigenvalue weighted by Gasteiger charge is 2.44.